The minimum absolute atomic E-state index is 0.0889. The molecule has 4 rings (SSSR count). The Morgan fingerprint density at radius 3 is 2.46 bits per heavy atom. The van der Waals surface area contributed by atoms with Crippen LogP contribution in [0.4, 0.5) is 5.13 Å². The number of nitrogens with zero attached hydrogens (tertiary/aromatic N) is 2. The Morgan fingerprint density at radius 2 is 1.75 bits per heavy atom. The molecule has 0 aliphatic heterocycles. The minimum atomic E-state index is -0.0889. The van der Waals surface area contributed by atoms with Gasteiger partial charge in [-0.2, -0.15) is 0 Å². The Labute approximate surface area is 173 Å². The van der Waals surface area contributed by atoms with Crippen LogP contribution in [0.1, 0.15) is 27.0 Å². The normalized spacial score (nSPS) is 11.0. The Hall–Kier alpha value is -2.69. The number of hydrogen-bond donors (Lipinski definition) is 0. The summed E-state index contributed by atoms with van der Waals surface area (Å²) in [7, 11) is 0. The molecule has 3 aromatic carbocycles. The van der Waals surface area contributed by atoms with Gasteiger partial charge in [0.05, 0.1) is 16.8 Å². The lowest BCUT2D eigenvalue weighted by Crippen LogP contribution is -2.30. The molecule has 5 heteroatoms. The topological polar surface area (TPSA) is 33.2 Å². The van der Waals surface area contributed by atoms with E-state index in [0.717, 1.165) is 21.3 Å². The average molecular weight is 407 g/mol. The van der Waals surface area contributed by atoms with Gasteiger partial charge in [0.25, 0.3) is 5.91 Å². The fraction of sp³-hybridized carbons (Fsp3) is 0.130. The Kier molecular flexibility index (Phi) is 5.16. The zero-order chi connectivity index (χ0) is 19.7. The first kappa shape index (κ1) is 18.7. The fourth-order valence-electron chi connectivity index (χ4n) is 3.21. The zero-order valence-corrected chi connectivity index (χ0v) is 17.2. The summed E-state index contributed by atoms with van der Waals surface area (Å²) in [5.74, 6) is -0.0889. The Balaban J connectivity index is 1.79. The van der Waals surface area contributed by atoms with E-state index in [9.17, 15) is 4.79 Å². The third kappa shape index (κ3) is 3.79. The van der Waals surface area contributed by atoms with E-state index in [-0.39, 0.29) is 5.91 Å². The van der Waals surface area contributed by atoms with E-state index in [4.69, 9.17) is 16.6 Å². The molecule has 140 valence electrons. The summed E-state index contributed by atoms with van der Waals surface area (Å²) >= 11 is 7.54. The maximum absolute atomic E-state index is 13.3. The van der Waals surface area contributed by atoms with Crippen molar-refractivity contribution in [2.75, 3.05) is 4.90 Å². The Bertz CT molecular complexity index is 1140. The van der Waals surface area contributed by atoms with Crippen LogP contribution in [0.25, 0.3) is 10.2 Å². The van der Waals surface area contributed by atoms with Crippen LogP contribution in [-0.4, -0.2) is 10.9 Å². The van der Waals surface area contributed by atoms with Gasteiger partial charge in [0.2, 0.25) is 0 Å². The molecule has 0 fully saturated rings. The molecule has 0 bridgehead atoms. The molecule has 0 spiro atoms. The maximum atomic E-state index is 13.3. The molecule has 0 N–H and O–H groups in total. The first-order valence-corrected chi connectivity index (χ1v) is 10.2. The number of aromatic nitrogens is 1. The van der Waals surface area contributed by atoms with Crippen LogP contribution >= 0.6 is 22.9 Å². The average Bonchev–Trinajstić information content (AvgIpc) is 3.11. The first-order chi connectivity index (χ1) is 13.5. The van der Waals surface area contributed by atoms with Gasteiger partial charge < -0.3 is 0 Å². The zero-order valence-electron chi connectivity index (χ0n) is 15.6. The molecule has 0 unspecified atom stereocenters. The number of amides is 1. The number of fused-ring (bicyclic) bond motifs is 1. The predicted molar refractivity (Wildman–Crippen MR) is 118 cm³/mol. The number of rotatable bonds is 4. The number of aryl methyl sites for hydroxylation is 2. The molecule has 0 saturated carbocycles. The minimum Gasteiger partial charge on any atom is -0.279 e. The predicted octanol–water partition coefficient (Wildman–Crippen LogP) is 6.41. The molecule has 3 nitrogen and oxygen atoms in total. The van der Waals surface area contributed by atoms with Crippen LogP contribution in [-0.2, 0) is 6.54 Å². The van der Waals surface area contributed by atoms with Gasteiger partial charge >= 0.3 is 0 Å². The molecule has 28 heavy (non-hydrogen) atoms. The quantitative estimate of drug-likeness (QED) is 0.392. The highest BCUT2D eigenvalue weighted by Crippen LogP contribution is 2.33. The van der Waals surface area contributed by atoms with Crippen LogP contribution in [0.3, 0.4) is 0 Å². The van der Waals surface area contributed by atoms with Crippen molar-refractivity contribution in [3.63, 3.8) is 0 Å². The van der Waals surface area contributed by atoms with E-state index in [1.807, 2.05) is 30.3 Å². The standard InChI is InChI=1S/C23H19ClN2OS/c1-15-12-16(2)21-20(13-15)28-23(25-21)26(14-17-6-4-3-5-7-17)22(27)18-8-10-19(24)11-9-18/h3-13H,14H2,1-2H3. The molecule has 0 saturated heterocycles. The maximum Gasteiger partial charge on any atom is 0.260 e. The molecule has 0 aliphatic rings. The summed E-state index contributed by atoms with van der Waals surface area (Å²) in [6.07, 6.45) is 0. The van der Waals surface area contributed by atoms with E-state index >= 15 is 0 Å². The number of benzene rings is 3. The van der Waals surface area contributed by atoms with E-state index in [0.29, 0.717) is 22.3 Å². The van der Waals surface area contributed by atoms with Gasteiger partial charge in [0, 0.05) is 10.6 Å². The van der Waals surface area contributed by atoms with Crippen molar-refractivity contribution in [2.24, 2.45) is 0 Å². The van der Waals surface area contributed by atoms with Gasteiger partial charge in [-0.05, 0) is 60.9 Å². The van der Waals surface area contributed by atoms with Crippen molar-refractivity contribution in [3.8, 4) is 0 Å². The van der Waals surface area contributed by atoms with Crippen LogP contribution in [0.2, 0.25) is 5.02 Å². The second-order valence-corrected chi connectivity index (χ2v) is 8.25. The van der Waals surface area contributed by atoms with Crippen molar-refractivity contribution in [1.82, 2.24) is 4.98 Å². The van der Waals surface area contributed by atoms with Crippen molar-refractivity contribution < 1.29 is 4.79 Å². The summed E-state index contributed by atoms with van der Waals surface area (Å²) in [4.78, 5) is 19.9. The van der Waals surface area contributed by atoms with Gasteiger partial charge in [0.1, 0.15) is 0 Å². The number of thiazole rings is 1. The molecule has 0 radical (unpaired) electrons. The second kappa shape index (κ2) is 7.74. The smallest absolute Gasteiger partial charge is 0.260 e. The van der Waals surface area contributed by atoms with Crippen molar-refractivity contribution in [2.45, 2.75) is 20.4 Å². The van der Waals surface area contributed by atoms with Crippen molar-refractivity contribution in [3.05, 3.63) is 94.0 Å². The SMILES string of the molecule is Cc1cc(C)c2nc(N(Cc3ccccc3)C(=O)c3ccc(Cl)cc3)sc2c1. The number of carbonyl (C=O) groups is 1. The van der Waals surface area contributed by atoms with Gasteiger partial charge in [-0.25, -0.2) is 4.98 Å². The Morgan fingerprint density at radius 1 is 1.04 bits per heavy atom. The lowest BCUT2D eigenvalue weighted by molar-refractivity contribution is 0.0985. The summed E-state index contributed by atoms with van der Waals surface area (Å²) in [6, 6.07) is 21.2. The van der Waals surface area contributed by atoms with E-state index < -0.39 is 0 Å². The van der Waals surface area contributed by atoms with Gasteiger partial charge in [-0.3, -0.25) is 9.69 Å². The number of halogens is 1. The highest BCUT2D eigenvalue weighted by molar-refractivity contribution is 7.22. The van der Waals surface area contributed by atoms with E-state index in [2.05, 4.69) is 26.0 Å². The van der Waals surface area contributed by atoms with E-state index in [1.54, 1.807) is 40.5 Å². The van der Waals surface area contributed by atoms with Crippen LogP contribution < -0.4 is 4.90 Å². The van der Waals surface area contributed by atoms with Crippen LogP contribution in [0.5, 0.6) is 0 Å². The number of hydrogen-bond acceptors (Lipinski definition) is 3. The number of carbonyl (C=O) groups excluding carboxylic acids is 1. The van der Waals surface area contributed by atoms with E-state index in [1.165, 1.54) is 5.56 Å². The largest absolute Gasteiger partial charge is 0.279 e. The van der Waals surface area contributed by atoms with Crippen LogP contribution in [0.15, 0.2) is 66.7 Å². The molecule has 1 aromatic heterocycles. The first-order valence-electron chi connectivity index (χ1n) is 9.00. The van der Waals surface area contributed by atoms with Gasteiger partial charge in [0.15, 0.2) is 5.13 Å². The number of anilines is 1. The fourth-order valence-corrected chi connectivity index (χ4v) is 4.48. The van der Waals surface area contributed by atoms with Gasteiger partial charge in [-0.15, -0.1) is 0 Å². The highest BCUT2D eigenvalue weighted by Gasteiger charge is 2.22. The molecular weight excluding hydrogens is 388 g/mol. The van der Waals surface area contributed by atoms with Gasteiger partial charge in [-0.1, -0.05) is 59.3 Å². The summed E-state index contributed by atoms with van der Waals surface area (Å²) in [5, 5.41) is 1.31. The summed E-state index contributed by atoms with van der Waals surface area (Å²) in [5.41, 5.74) is 4.91. The monoisotopic (exact) mass is 406 g/mol. The summed E-state index contributed by atoms with van der Waals surface area (Å²) < 4.78 is 1.09. The lowest BCUT2D eigenvalue weighted by Gasteiger charge is -2.20. The summed E-state index contributed by atoms with van der Waals surface area (Å²) in [6.45, 7) is 4.59. The van der Waals surface area contributed by atoms with Crippen molar-refractivity contribution >= 4 is 44.2 Å². The third-order valence-corrected chi connectivity index (χ3v) is 5.85. The highest BCUT2D eigenvalue weighted by atomic mass is 35.5. The van der Waals surface area contributed by atoms with Crippen LogP contribution in [0, 0.1) is 13.8 Å². The lowest BCUT2D eigenvalue weighted by atomic mass is 10.1. The van der Waals surface area contributed by atoms with Crippen molar-refractivity contribution in [1.29, 1.82) is 0 Å². The molecule has 1 heterocycles. The second-order valence-electron chi connectivity index (χ2n) is 6.81. The molecule has 0 atom stereocenters. The molecule has 0 aliphatic carbocycles. The third-order valence-electron chi connectivity index (χ3n) is 4.57. The molecular formula is C23H19ClN2OS. The molecule has 4 aromatic rings. The molecule has 1 amide bonds.